The number of pyridine rings is 2. The van der Waals surface area contributed by atoms with E-state index in [1.54, 1.807) is 7.11 Å². The topological polar surface area (TPSA) is 21.4 Å². The minimum Gasteiger partial charge on any atom is -0.496 e. The molecule has 4 nitrogen and oxygen atoms in total. The van der Waals surface area contributed by atoms with Crippen LogP contribution in [0.4, 0.5) is 0 Å². The molecule has 0 radical (unpaired) electrons. The van der Waals surface area contributed by atoms with Crippen molar-refractivity contribution in [3.63, 3.8) is 0 Å². The van der Waals surface area contributed by atoms with Crippen LogP contribution in [-0.4, -0.2) is 11.5 Å². The van der Waals surface area contributed by atoms with E-state index in [2.05, 4.69) is 136 Å². The van der Waals surface area contributed by atoms with Gasteiger partial charge in [0.2, 0.25) is 23.1 Å². The van der Waals surface area contributed by atoms with E-state index in [1.165, 1.54) is 82.9 Å². The summed E-state index contributed by atoms with van der Waals surface area (Å²) in [6.45, 7) is 11.2. The van der Waals surface area contributed by atoms with Gasteiger partial charge in [-0.05, 0) is 86.4 Å². The number of para-hydroxylation sites is 1. The zero-order chi connectivity index (χ0) is 33.0. The van der Waals surface area contributed by atoms with E-state index in [9.17, 15) is 0 Å². The maximum absolute atomic E-state index is 6.09. The third-order valence-electron chi connectivity index (χ3n) is 11.3. The highest BCUT2D eigenvalue weighted by Gasteiger charge is 2.46. The molecule has 2 aliphatic rings. The Labute approximate surface area is 285 Å². The molecule has 6 heterocycles. The Morgan fingerprint density at radius 3 is 2.57 bits per heavy atom. The second kappa shape index (κ2) is 10.4. The first kappa shape index (κ1) is 28.3. The van der Waals surface area contributed by atoms with Crippen molar-refractivity contribution in [2.24, 2.45) is 0 Å². The lowest BCUT2D eigenvalue weighted by Crippen LogP contribution is -2.53. The first-order valence-corrected chi connectivity index (χ1v) is 17.3. The van der Waals surface area contributed by atoms with Gasteiger partial charge in [0.15, 0.2) is 12.4 Å². The fourth-order valence-corrected chi connectivity index (χ4v) is 9.24. The Bertz CT molecular complexity index is 2700. The molecule has 4 aromatic heterocycles. The molecular weight excluding hydrogens is 599 g/mol. The molecule has 0 saturated heterocycles. The van der Waals surface area contributed by atoms with Crippen LogP contribution in [0.5, 0.6) is 5.75 Å². The van der Waals surface area contributed by atoms with E-state index < -0.39 is 0 Å². The van der Waals surface area contributed by atoms with Gasteiger partial charge in [0.1, 0.15) is 5.75 Å². The van der Waals surface area contributed by atoms with Gasteiger partial charge in [0, 0.05) is 56.4 Å². The highest BCUT2D eigenvalue weighted by Crippen LogP contribution is 2.48. The predicted molar refractivity (Wildman–Crippen MR) is 199 cm³/mol. The number of ether oxygens (including phenoxy) is 1. The van der Waals surface area contributed by atoms with E-state index in [0.29, 0.717) is 0 Å². The predicted octanol–water partition coefficient (Wildman–Crippen LogP) is 9.55. The molecule has 4 aromatic carbocycles. The number of hydrogen-bond donors (Lipinski definition) is 0. The van der Waals surface area contributed by atoms with E-state index in [1.807, 2.05) is 6.08 Å². The van der Waals surface area contributed by atoms with Crippen molar-refractivity contribution in [3.8, 4) is 28.3 Å². The quantitative estimate of drug-likeness (QED) is 0.140. The molecule has 0 saturated carbocycles. The standard InChI is InChI=1S/C45H37N3O/c1-5-12-34-42(49-4)25-36-32-15-8-9-17-40(32)48-41-23-29-19-20-33-30-13-6-7-14-31(30)38-16-10-11-22-46(38)44(33)28(3)47-26-27(2)18-21-39(47)35(29)24-37(41)43(34)45(36)48/h5-11,13-18,21-26,33,44H,1,3,12,19-20H2,2,4H3/q+2. The Kier molecular flexibility index (Phi) is 5.99. The first-order valence-electron chi connectivity index (χ1n) is 17.3. The molecule has 49 heavy (non-hydrogen) atoms. The molecule has 0 N–H and O–H groups in total. The maximum atomic E-state index is 6.09. The first-order chi connectivity index (χ1) is 24.1. The van der Waals surface area contributed by atoms with Gasteiger partial charge < -0.3 is 9.14 Å². The number of aryl methyl sites for hydroxylation is 2. The summed E-state index contributed by atoms with van der Waals surface area (Å²) in [5.74, 6) is 1.18. The van der Waals surface area contributed by atoms with Crippen molar-refractivity contribution >= 4 is 43.8 Å². The fraction of sp³-hybridized carbons (Fsp3) is 0.156. The highest BCUT2D eigenvalue weighted by atomic mass is 16.5. The average Bonchev–Trinajstić information content (AvgIpc) is 3.65. The molecule has 236 valence electrons. The van der Waals surface area contributed by atoms with Gasteiger partial charge >= 0.3 is 0 Å². The molecule has 8 aromatic rings. The zero-order valence-corrected chi connectivity index (χ0v) is 27.9. The highest BCUT2D eigenvalue weighted by molar-refractivity contribution is 6.25. The summed E-state index contributed by atoms with van der Waals surface area (Å²) >= 11 is 0. The molecule has 2 atom stereocenters. The molecule has 4 heteroatoms. The molecule has 0 fully saturated rings. The monoisotopic (exact) mass is 635 g/mol. The summed E-state index contributed by atoms with van der Waals surface area (Å²) in [5, 5.41) is 4.99. The molecule has 0 amide bonds. The number of rotatable bonds is 3. The summed E-state index contributed by atoms with van der Waals surface area (Å²) in [4.78, 5) is 0. The molecule has 10 rings (SSSR count). The lowest BCUT2D eigenvalue weighted by molar-refractivity contribution is -0.727. The molecule has 2 unspecified atom stereocenters. The number of allylic oxidation sites excluding steroid dienone is 2. The Balaban J connectivity index is 1.32. The largest absolute Gasteiger partial charge is 0.496 e. The van der Waals surface area contributed by atoms with Crippen LogP contribution in [0.25, 0.3) is 66.3 Å². The molecule has 0 spiro atoms. The molecule has 2 aliphatic heterocycles. The van der Waals surface area contributed by atoms with Gasteiger partial charge in [0.25, 0.3) is 0 Å². The second-order valence-corrected chi connectivity index (χ2v) is 13.8. The normalized spacial score (nSPS) is 16.8. The van der Waals surface area contributed by atoms with Gasteiger partial charge in [-0.15, -0.1) is 6.58 Å². The number of hydrogen-bond acceptors (Lipinski definition) is 1. The Morgan fingerprint density at radius 1 is 0.857 bits per heavy atom. The van der Waals surface area contributed by atoms with Crippen molar-refractivity contribution in [2.45, 2.75) is 38.1 Å². The van der Waals surface area contributed by atoms with Crippen LogP contribution < -0.4 is 13.9 Å². The van der Waals surface area contributed by atoms with Crippen LogP contribution in [-0.2, 0) is 12.8 Å². The Hall–Kier alpha value is -5.74. The number of nitrogens with zero attached hydrogens (tertiary/aromatic N) is 3. The SMILES string of the molecule is C=CCc1c(OC)cc2c3ccccc3n3c4cc5c(cc4c1c23)-c1ccc(C)c[n+]1C(=C)C1C(CC5)c2ccccc2-c2cccc[n+]21. The van der Waals surface area contributed by atoms with E-state index in [0.717, 1.165) is 30.7 Å². The lowest BCUT2D eigenvalue weighted by Gasteiger charge is -2.29. The van der Waals surface area contributed by atoms with Crippen molar-refractivity contribution in [1.82, 2.24) is 4.40 Å². The number of aromatic nitrogens is 3. The van der Waals surface area contributed by atoms with Gasteiger partial charge in [-0.1, -0.05) is 42.5 Å². The summed E-state index contributed by atoms with van der Waals surface area (Å²) < 4.78 is 13.4. The van der Waals surface area contributed by atoms with Crippen molar-refractivity contribution < 1.29 is 13.9 Å². The summed E-state index contributed by atoms with van der Waals surface area (Å²) in [6, 6.07) is 36.2. The summed E-state index contributed by atoms with van der Waals surface area (Å²) in [5.41, 5.74) is 15.0. The van der Waals surface area contributed by atoms with Crippen LogP contribution >= 0.6 is 0 Å². The van der Waals surface area contributed by atoms with Crippen LogP contribution in [0.3, 0.4) is 0 Å². The van der Waals surface area contributed by atoms with E-state index >= 15 is 0 Å². The minimum absolute atomic E-state index is 0.0787. The number of benzene rings is 4. The van der Waals surface area contributed by atoms with Gasteiger partial charge in [0.05, 0.1) is 35.1 Å². The van der Waals surface area contributed by atoms with Crippen molar-refractivity contribution in [3.05, 3.63) is 151 Å². The molecule has 0 aliphatic carbocycles. The summed E-state index contributed by atoms with van der Waals surface area (Å²) in [7, 11) is 1.79. The smallest absolute Gasteiger partial charge is 0.249 e. The van der Waals surface area contributed by atoms with E-state index in [4.69, 9.17) is 11.3 Å². The van der Waals surface area contributed by atoms with Crippen LogP contribution in [0.2, 0.25) is 0 Å². The molecular formula is C45H37N3O+2. The van der Waals surface area contributed by atoms with Crippen LogP contribution in [0, 0.1) is 6.92 Å². The zero-order valence-electron chi connectivity index (χ0n) is 27.9. The van der Waals surface area contributed by atoms with Gasteiger partial charge in [-0.2, -0.15) is 9.13 Å². The third-order valence-corrected chi connectivity index (χ3v) is 11.3. The van der Waals surface area contributed by atoms with Crippen LogP contribution in [0.1, 0.15) is 40.6 Å². The third kappa shape index (κ3) is 3.80. The van der Waals surface area contributed by atoms with Crippen molar-refractivity contribution in [2.75, 3.05) is 7.11 Å². The van der Waals surface area contributed by atoms with Gasteiger partial charge in [-0.25, -0.2) is 0 Å². The number of fused-ring (bicyclic) bond motifs is 15. The fourth-order valence-electron chi connectivity index (χ4n) is 9.24. The average molecular weight is 636 g/mol. The maximum Gasteiger partial charge on any atom is 0.249 e. The minimum atomic E-state index is 0.0787. The second-order valence-electron chi connectivity index (χ2n) is 13.8. The van der Waals surface area contributed by atoms with Crippen molar-refractivity contribution in [1.29, 1.82) is 0 Å². The van der Waals surface area contributed by atoms with Crippen LogP contribution in [0.15, 0.2) is 129 Å². The summed E-state index contributed by atoms with van der Waals surface area (Å²) in [6.07, 6.45) is 9.21. The number of methoxy groups -OCH3 is 1. The van der Waals surface area contributed by atoms with Gasteiger partial charge in [-0.3, -0.25) is 0 Å². The van der Waals surface area contributed by atoms with E-state index in [-0.39, 0.29) is 12.0 Å². The lowest BCUT2D eigenvalue weighted by atomic mass is 9.78. The molecule has 0 bridgehead atoms. The Morgan fingerprint density at radius 2 is 1.69 bits per heavy atom.